The van der Waals surface area contributed by atoms with Crippen LogP contribution in [0.5, 0.6) is 0 Å². The van der Waals surface area contributed by atoms with Crippen molar-refractivity contribution in [2.45, 2.75) is 90.1 Å². The van der Waals surface area contributed by atoms with E-state index < -0.39 is 5.92 Å². The molecule has 1 aliphatic heterocycles. The molecule has 0 radical (unpaired) electrons. The standard InChI is InChI=1S/C24H34F2N4OS2/c1-16-27-14-19(32-16)13-22(31)28-18-5-3-17(4-6-18)8-11-30-12-9-21-20(15-30)29-23(33-21)7-10-24(2,25)26/h14,17-18H,3-13,15H2,1-2H3,(H,28,31). The Kier molecular flexibility index (Phi) is 8.12. The molecule has 2 aliphatic rings. The van der Waals surface area contributed by atoms with Crippen molar-refractivity contribution in [2.75, 3.05) is 13.1 Å². The van der Waals surface area contributed by atoms with Crippen LogP contribution in [0.25, 0.3) is 0 Å². The highest BCUT2D eigenvalue weighted by Gasteiger charge is 2.26. The Hall–Kier alpha value is -1.45. The lowest BCUT2D eigenvalue weighted by Crippen LogP contribution is -2.39. The molecule has 1 N–H and O–H groups in total. The van der Waals surface area contributed by atoms with Crippen molar-refractivity contribution in [3.63, 3.8) is 0 Å². The molecule has 4 rings (SSSR count). The van der Waals surface area contributed by atoms with Gasteiger partial charge in [-0.25, -0.2) is 18.7 Å². The van der Waals surface area contributed by atoms with Crippen LogP contribution in [-0.4, -0.2) is 45.8 Å². The third-order valence-electron chi connectivity index (χ3n) is 6.70. The van der Waals surface area contributed by atoms with Crippen LogP contribution in [0.3, 0.4) is 0 Å². The summed E-state index contributed by atoms with van der Waals surface area (Å²) in [6.45, 7) is 5.87. The van der Waals surface area contributed by atoms with E-state index in [1.165, 1.54) is 11.3 Å². The molecule has 2 aromatic rings. The van der Waals surface area contributed by atoms with Crippen LogP contribution in [-0.2, 0) is 30.6 Å². The second kappa shape index (κ2) is 10.9. The fourth-order valence-electron chi connectivity index (χ4n) is 4.82. The zero-order valence-electron chi connectivity index (χ0n) is 19.5. The highest BCUT2D eigenvalue weighted by molar-refractivity contribution is 7.12. The summed E-state index contributed by atoms with van der Waals surface area (Å²) in [7, 11) is 0. The number of aromatic nitrogens is 2. The van der Waals surface area contributed by atoms with Crippen molar-refractivity contribution >= 4 is 28.6 Å². The molecule has 0 saturated heterocycles. The molecule has 0 aromatic carbocycles. The lowest BCUT2D eigenvalue weighted by Gasteiger charge is -2.32. The number of nitrogens with one attached hydrogen (secondary N) is 1. The molecule has 3 heterocycles. The number of halogens is 2. The van der Waals surface area contributed by atoms with E-state index in [1.54, 1.807) is 28.9 Å². The third kappa shape index (κ3) is 7.52. The Labute approximate surface area is 203 Å². The van der Waals surface area contributed by atoms with Gasteiger partial charge in [-0.05, 0) is 64.8 Å². The van der Waals surface area contributed by atoms with Crippen molar-refractivity contribution in [1.82, 2.24) is 20.2 Å². The number of amides is 1. The summed E-state index contributed by atoms with van der Waals surface area (Å²) in [5, 5.41) is 5.07. The first-order chi connectivity index (χ1) is 15.7. The average molecular weight is 497 g/mol. The van der Waals surface area contributed by atoms with Gasteiger partial charge in [0.2, 0.25) is 11.8 Å². The number of hydrogen-bond acceptors (Lipinski definition) is 6. The van der Waals surface area contributed by atoms with Crippen molar-refractivity contribution in [1.29, 1.82) is 0 Å². The minimum atomic E-state index is -2.62. The van der Waals surface area contributed by atoms with E-state index in [9.17, 15) is 13.6 Å². The first-order valence-electron chi connectivity index (χ1n) is 12.0. The van der Waals surface area contributed by atoms with Crippen LogP contribution >= 0.6 is 22.7 Å². The van der Waals surface area contributed by atoms with Crippen molar-refractivity contribution in [2.24, 2.45) is 5.92 Å². The number of rotatable bonds is 9. The van der Waals surface area contributed by atoms with E-state index >= 15 is 0 Å². The molecule has 2 aromatic heterocycles. The van der Waals surface area contributed by atoms with Gasteiger partial charge < -0.3 is 5.32 Å². The van der Waals surface area contributed by atoms with Crippen molar-refractivity contribution < 1.29 is 13.6 Å². The summed E-state index contributed by atoms with van der Waals surface area (Å²) >= 11 is 3.21. The van der Waals surface area contributed by atoms with E-state index in [2.05, 4.69) is 20.2 Å². The maximum atomic E-state index is 13.2. The molecular weight excluding hydrogens is 462 g/mol. The number of carbonyl (C=O) groups excluding carboxylic acids is 1. The Bertz CT molecular complexity index is 931. The fourth-order valence-corrected chi connectivity index (χ4v) is 6.67. The van der Waals surface area contributed by atoms with E-state index in [1.807, 2.05) is 6.92 Å². The first kappa shape index (κ1) is 24.7. The number of nitrogens with zero attached hydrogens (tertiary/aromatic N) is 3. The molecule has 5 nitrogen and oxygen atoms in total. The SMILES string of the molecule is Cc1ncc(CC(=O)NC2CCC(CCN3CCc4sc(CCC(C)(F)F)nc4C3)CC2)s1. The molecule has 0 unspecified atom stereocenters. The number of fused-ring (bicyclic) bond motifs is 1. The zero-order chi connectivity index (χ0) is 23.4. The molecule has 1 amide bonds. The van der Waals surface area contributed by atoms with E-state index in [-0.39, 0.29) is 12.3 Å². The van der Waals surface area contributed by atoms with Crippen LogP contribution in [0.2, 0.25) is 0 Å². The van der Waals surface area contributed by atoms with E-state index in [0.29, 0.717) is 24.8 Å². The molecule has 1 saturated carbocycles. The lowest BCUT2D eigenvalue weighted by molar-refractivity contribution is -0.121. The highest BCUT2D eigenvalue weighted by atomic mass is 32.1. The smallest absolute Gasteiger partial charge is 0.245 e. The van der Waals surface area contributed by atoms with E-state index in [4.69, 9.17) is 0 Å². The van der Waals surface area contributed by atoms with Crippen LogP contribution < -0.4 is 5.32 Å². The Morgan fingerprint density at radius 1 is 1.27 bits per heavy atom. The third-order valence-corrected chi connectivity index (χ3v) is 8.83. The van der Waals surface area contributed by atoms with Crippen molar-refractivity contribution in [3.05, 3.63) is 31.7 Å². The molecule has 9 heteroatoms. The lowest BCUT2D eigenvalue weighted by atomic mass is 9.84. The van der Waals surface area contributed by atoms with Crippen molar-refractivity contribution in [3.8, 4) is 0 Å². The van der Waals surface area contributed by atoms with Gasteiger partial charge in [-0.15, -0.1) is 22.7 Å². The minimum Gasteiger partial charge on any atom is -0.353 e. The molecule has 1 fully saturated rings. The Balaban J connectivity index is 1.15. The van der Waals surface area contributed by atoms with Gasteiger partial charge in [0.05, 0.1) is 22.1 Å². The van der Waals surface area contributed by atoms with Crippen LogP contribution in [0.1, 0.15) is 70.9 Å². The summed E-state index contributed by atoms with van der Waals surface area (Å²) in [4.78, 5) is 26.0. The maximum Gasteiger partial charge on any atom is 0.245 e. The number of aryl methyl sites for hydroxylation is 2. The summed E-state index contributed by atoms with van der Waals surface area (Å²) in [6.07, 6.45) is 9.06. The molecule has 0 atom stereocenters. The second-order valence-electron chi connectivity index (χ2n) is 9.67. The summed E-state index contributed by atoms with van der Waals surface area (Å²) in [5.74, 6) is -1.81. The predicted octanol–water partition coefficient (Wildman–Crippen LogP) is 5.16. The largest absolute Gasteiger partial charge is 0.353 e. The summed E-state index contributed by atoms with van der Waals surface area (Å²) in [6, 6.07) is 0.296. The van der Waals surface area contributed by atoms with E-state index in [0.717, 1.165) is 79.2 Å². The van der Waals surface area contributed by atoms with Gasteiger partial charge in [0, 0.05) is 47.9 Å². The number of hydrogen-bond donors (Lipinski definition) is 1. The highest BCUT2D eigenvalue weighted by Crippen LogP contribution is 2.30. The van der Waals surface area contributed by atoms with Gasteiger partial charge in [-0.3, -0.25) is 9.69 Å². The summed E-state index contributed by atoms with van der Waals surface area (Å²) in [5.41, 5.74) is 1.10. The fraction of sp³-hybridized carbons (Fsp3) is 0.708. The number of alkyl halides is 2. The van der Waals surface area contributed by atoms with Gasteiger partial charge in [-0.2, -0.15) is 0 Å². The minimum absolute atomic E-state index is 0.108. The quantitative estimate of drug-likeness (QED) is 0.521. The Morgan fingerprint density at radius 3 is 2.76 bits per heavy atom. The average Bonchev–Trinajstić information content (AvgIpc) is 3.36. The predicted molar refractivity (Wildman–Crippen MR) is 129 cm³/mol. The number of carbonyl (C=O) groups is 1. The van der Waals surface area contributed by atoms with Crippen LogP contribution in [0.4, 0.5) is 8.78 Å². The first-order valence-corrected chi connectivity index (χ1v) is 13.6. The summed E-state index contributed by atoms with van der Waals surface area (Å²) < 4.78 is 26.3. The normalized spacial score (nSPS) is 21.7. The van der Waals surface area contributed by atoms with Gasteiger partial charge in [0.25, 0.3) is 0 Å². The van der Waals surface area contributed by atoms with Gasteiger partial charge >= 0.3 is 0 Å². The monoisotopic (exact) mass is 496 g/mol. The molecule has 1 aliphatic carbocycles. The number of thiazole rings is 2. The molecular formula is C24H34F2N4OS2. The molecule has 0 bridgehead atoms. The topological polar surface area (TPSA) is 58.1 Å². The Morgan fingerprint density at radius 2 is 2.06 bits per heavy atom. The van der Waals surface area contributed by atoms with Gasteiger partial charge in [-0.1, -0.05) is 0 Å². The maximum absolute atomic E-state index is 13.2. The molecule has 0 spiro atoms. The second-order valence-corrected chi connectivity index (χ2v) is 12.2. The van der Waals surface area contributed by atoms with Crippen LogP contribution in [0.15, 0.2) is 6.20 Å². The van der Waals surface area contributed by atoms with Gasteiger partial charge in [0.1, 0.15) is 0 Å². The zero-order valence-corrected chi connectivity index (χ0v) is 21.2. The molecule has 33 heavy (non-hydrogen) atoms. The van der Waals surface area contributed by atoms with Crippen LogP contribution in [0, 0.1) is 12.8 Å². The molecule has 182 valence electrons. The van der Waals surface area contributed by atoms with Gasteiger partial charge in [0.15, 0.2) is 0 Å².